The van der Waals surface area contributed by atoms with Gasteiger partial charge in [-0.2, -0.15) is 0 Å². The van der Waals surface area contributed by atoms with E-state index in [4.69, 9.17) is 4.42 Å². The van der Waals surface area contributed by atoms with Crippen LogP contribution in [0.15, 0.2) is 65.5 Å². The van der Waals surface area contributed by atoms with Gasteiger partial charge in [0.2, 0.25) is 0 Å². The summed E-state index contributed by atoms with van der Waals surface area (Å²) in [5.74, 6) is 0.241. The molecular weight excluding hydrogens is 252 g/mol. The van der Waals surface area contributed by atoms with Gasteiger partial charge in [-0.25, -0.2) is 0 Å². The fourth-order valence-electron chi connectivity index (χ4n) is 2.24. The number of aliphatic hydroxyl groups is 1. The smallest absolute Gasteiger partial charge is 0.115 e. The first-order valence-corrected chi connectivity index (χ1v) is 6.33. The van der Waals surface area contributed by atoms with Gasteiger partial charge in [-0.15, -0.1) is 0 Å². The van der Waals surface area contributed by atoms with Crippen molar-refractivity contribution >= 4 is 0 Å². The Kier molecular flexibility index (Phi) is 3.27. The fourth-order valence-corrected chi connectivity index (χ4v) is 2.24. The quantitative estimate of drug-likeness (QED) is 0.758. The summed E-state index contributed by atoms with van der Waals surface area (Å²) in [6.45, 7) is 0.000704. The van der Waals surface area contributed by atoms with Crippen LogP contribution in [0.5, 0.6) is 5.75 Å². The van der Waals surface area contributed by atoms with Crippen LogP contribution in [-0.2, 0) is 6.61 Å². The van der Waals surface area contributed by atoms with Crippen LogP contribution in [0.1, 0.15) is 5.56 Å². The minimum atomic E-state index is 0.000704. The van der Waals surface area contributed by atoms with Gasteiger partial charge >= 0.3 is 0 Å². The molecule has 3 aromatic rings. The average molecular weight is 266 g/mol. The van der Waals surface area contributed by atoms with Crippen LogP contribution < -0.4 is 0 Å². The molecule has 0 radical (unpaired) electrons. The van der Waals surface area contributed by atoms with Gasteiger partial charge in [0.1, 0.15) is 5.75 Å². The Morgan fingerprint density at radius 1 is 0.850 bits per heavy atom. The van der Waals surface area contributed by atoms with Crippen LogP contribution in [0, 0.1) is 0 Å². The van der Waals surface area contributed by atoms with Crippen molar-refractivity contribution in [2.24, 2.45) is 0 Å². The van der Waals surface area contributed by atoms with Crippen molar-refractivity contribution in [1.29, 1.82) is 0 Å². The summed E-state index contributed by atoms with van der Waals surface area (Å²) in [7, 11) is 0. The summed E-state index contributed by atoms with van der Waals surface area (Å²) in [6, 6.07) is 14.8. The Bertz CT molecular complexity index is 698. The lowest BCUT2D eigenvalue weighted by atomic mass is 9.94. The largest absolute Gasteiger partial charge is 0.508 e. The van der Waals surface area contributed by atoms with E-state index in [2.05, 4.69) is 0 Å². The molecule has 3 nitrogen and oxygen atoms in total. The van der Waals surface area contributed by atoms with E-state index < -0.39 is 0 Å². The molecular formula is C17H14O3. The molecule has 0 bridgehead atoms. The zero-order chi connectivity index (χ0) is 13.9. The molecule has 3 rings (SSSR count). The summed E-state index contributed by atoms with van der Waals surface area (Å²) in [5, 5.41) is 18.7. The van der Waals surface area contributed by atoms with E-state index in [0.29, 0.717) is 0 Å². The van der Waals surface area contributed by atoms with Crippen molar-refractivity contribution in [2.75, 3.05) is 0 Å². The molecule has 0 atom stereocenters. The SMILES string of the molecule is OCc1ccc(-c2ccc(O)cc2)c(-c2ccoc2)c1. The molecule has 3 heteroatoms. The molecule has 1 heterocycles. The minimum Gasteiger partial charge on any atom is -0.508 e. The van der Waals surface area contributed by atoms with Gasteiger partial charge in [-0.1, -0.05) is 24.3 Å². The number of aromatic hydroxyl groups is 1. The third-order valence-electron chi connectivity index (χ3n) is 3.28. The highest BCUT2D eigenvalue weighted by Gasteiger charge is 2.09. The average Bonchev–Trinajstić information content (AvgIpc) is 3.02. The predicted octanol–water partition coefficient (Wildman–Crippen LogP) is 3.81. The normalized spacial score (nSPS) is 10.7. The van der Waals surface area contributed by atoms with Crippen LogP contribution in [0.2, 0.25) is 0 Å². The van der Waals surface area contributed by atoms with E-state index >= 15 is 0 Å². The van der Waals surface area contributed by atoms with Crippen molar-refractivity contribution in [3.05, 3.63) is 66.6 Å². The summed E-state index contributed by atoms with van der Waals surface area (Å²) in [4.78, 5) is 0. The number of hydrogen-bond donors (Lipinski definition) is 2. The molecule has 100 valence electrons. The van der Waals surface area contributed by atoms with Crippen LogP contribution in [0.4, 0.5) is 0 Å². The zero-order valence-corrected chi connectivity index (χ0v) is 10.8. The lowest BCUT2D eigenvalue weighted by Gasteiger charge is -2.10. The molecule has 1 aromatic heterocycles. The monoisotopic (exact) mass is 266 g/mol. The first-order chi connectivity index (χ1) is 9.78. The van der Waals surface area contributed by atoms with E-state index in [9.17, 15) is 10.2 Å². The van der Waals surface area contributed by atoms with Crippen molar-refractivity contribution in [1.82, 2.24) is 0 Å². The number of hydrogen-bond acceptors (Lipinski definition) is 3. The molecule has 0 amide bonds. The van der Waals surface area contributed by atoms with Gasteiger partial charge in [0.05, 0.1) is 19.1 Å². The Morgan fingerprint density at radius 3 is 2.30 bits per heavy atom. The number of aliphatic hydroxyl groups excluding tert-OH is 1. The zero-order valence-electron chi connectivity index (χ0n) is 10.8. The second kappa shape index (κ2) is 5.23. The second-order valence-electron chi connectivity index (χ2n) is 4.60. The molecule has 0 spiro atoms. The number of phenolic OH excluding ortho intramolecular Hbond substituents is 1. The standard InChI is InChI=1S/C17H14O3/c18-10-12-1-6-16(13-2-4-15(19)5-3-13)17(9-12)14-7-8-20-11-14/h1-9,11,18-19H,10H2. The van der Waals surface area contributed by atoms with Gasteiger partial charge in [-0.3, -0.25) is 0 Å². The number of rotatable bonds is 3. The van der Waals surface area contributed by atoms with Gasteiger partial charge < -0.3 is 14.6 Å². The maximum Gasteiger partial charge on any atom is 0.115 e. The van der Waals surface area contributed by atoms with E-state index in [1.165, 1.54) is 0 Å². The van der Waals surface area contributed by atoms with Crippen molar-refractivity contribution in [2.45, 2.75) is 6.61 Å². The van der Waals surface area contributed by atoms with Crippen LogP contribution in [0.3, 0.4) is 0 Å². The van der Waals surface area contributed by atoms with Crippen molar-refractivity contribution in [3.63, 3.8) is 0 Å². The van der Waals surface area contributed by atoms with Crippen molar-refractivity contribution < 1.29 is 14.6 Å². The van der Waals surface area contributed by atoms with Crippen LogP contribution in [-0.4, -0.2) is 10.2 Å². The summed E-state index contributed by atoms with van der Waals surface area (Å²) in [6.07, 6.45) is 3.31. The lowest BCUT2D eigenvalue weighted by Crippen LogP contribution is -1.88. The van der Waals surface area contributed by atoms with Crippen LogP contribution >= 0.6 is 0 Å². The van der Waals surface area contributed by atoms with E-state index in [1.807, 2.05) is 36.4 Å². The summed E-state index contributed by atoms with van der Waals surface area (Å²) in [5.41, 5.74) is 4.84. The molecule has 0 saturated heterocycles. The third-order valence-corrected chi connectivity index (χ3v) is 3.28. The highest BCUT2D eigenvalue weighted by atomic mass is 16.3. The molecule has 0 fully saturated rings. The van der Waals surface area contributed by atoms with Gasteiger partial charge in [0.25, 0.3) is 0 Å². The molecule has 0 saturated carbocycles. The van der Waals surface area contributed by atoms with Crippen LogP contribution in [0.25, 0.3) is 22.3 Å². The fraction of sp³-hybridized carbons (Fsp3) is 0.0588. The highest BCUT2D eigenvalue weighted by Crippen LogP contribution is 2.34. The van der Waals surface area contributed by atoms with Gasteiger partial charge in [-0.05, 0) is 46.5 Å². The second-order valence-corrected chi connectivity index (χ2v) is 4.60. The number of phenols is 1. The summed E-state index contributed by atoms with van der Waals surface area (Å²) < 4.78 is 5.15. The Labute approximate surface area is 116 Å². The lowest BCUT2D eigenvalue weighted by molar-refractivity contribution is 0.282. The first-order valence-electron chi connectivity index (χ1n) is 6.33. The molecule has 0 aliphatic carbocycles. The molecule has 0 aliphatic heterocycles. The maximum absolute atomic E-state index is 9.39. The van der Waals surface area contributed by atoms with E-state index in [-0.39, 0.29) is 12.4 Å². The first kappa shape index (κ1) is 12.5. The maximum atomic E-state index is 9.39. The highest BCUT2D eigenvalue weighted by molar-refractivity contribution is 5.83. The molecule has 2 N–H and O–H groups in total. The molecule has 0 aliphatic rings. The minimum absolute atomic E-state index is 0.000704. The van der Waals surface area contributed by atoms with Gasteiger partial charge in [0, 0.05) is 5.56 Å². The van der Waals surface area contributed by atoms with Crippen molar-refractivity contribution in [3.8, 4) is 28.0 Å². The Hall–Kier alpha value is -2.52. The number of benzene rings is 2. The van der Waals surface area contributed by atoms with E-state index in [1.54, 1.807) is 24.7 Å². The molecule has 0 unspecified atom stereocenters. The van der Waals surface area contributed by atoms with E-state index in [0.717, 1.165) is 27.8 Å². The molecule has 2 aromatic carbocycles. The Balaban J connectivity index is 2.17. The number of furan rings is 1. The summed E-state index contributed by atoms with van der Waals surface area (Å²) >= 11 is 0. The Morgan fingerprint density at radius 2 is 1.65 bits per heavy atom. The topological polar surface area (TPSA) is 53.6 Å². The molecule has 20 heavy (non-hydrogen) atoms. The van der Waals surface area contributed by atoms with Gasteiger partial charge in [0.15, 0.2) is 0 Å². The third kappa shape index (κ3) is 2.31. The predicted molar refractivity (Wildman–Crippen MR) is 77.2 cm³/mol.